The molecule has 142 valence electrons. The van der Waals surface area contributed by atoms with Crippen LogP contribution in [0.3, 0.4) is 0 Å². The number of amides is 1. The summed E-state index contributed by atoms with van der Waals surface area (Å²) in [5.74, 6) is 0.498. The van der Waals surface area contributed by atoms with Crippen LogP contribution in [0.1, 0.15) is 32.3 Å². The molecular weight excluding hydrogens is 384 g/mol. The molecule has 0 unspecified atom stereocenters. The molecule has 3 rings (SSSR count). The molecule has 0 bridgehead atoms. The van der Waals surface area contributed by atoms with Gasteiger partial charge in [0, 0.05) is 23.3 Å². The smallest absolute Gasteiger partial charge is 0.261 e. The molecule has 0 saturated heterocycles. The highest BCUT2D eigenvalue weighted by atomic mass is 32.2. The van der Waals surface area contributed by atoms with Crippen molar-refractivity contribution in [2.24, 2.45) is 0 Å². The van der Waals surface area contributed by atoms with Crippen LogP contribution in [0, 0.1) is 20.8 Å². The van der Waals surface area contributed by atoms with Gasteiger partial charge in [-0.25, -0.2) is 18.4 Å². The Morgan fingerprint density at radius 2 is 1.93 bits per heavy atom. The van der Waals surface area contributed by atoms with Crippen molar-refractivity contribution < 1.29 is 13.2 Å². The summed E-state index contributed by atoms with van der Waals surface area (Å²) in [6, 6.07) is 6.91. The number of carbonyl (C=O) groups is 1. The molecule has 0 atom stereocenters. The number of thiophene rings is 1. The second-order valence-corrected chi connectivity index (χ2v) is 9.10. The summed E-state index contributed by atoms with van der Waals surface area (Å²) in [5, 5.41) is 3.81. The highest BCUT2D eigenvalue weighted by Crippen LogP contribution is 2.31. The van der Waals surface area contributed by atoms with Crippen LogP contribution in [0.25, 0.3) is 10.2 Å². The maximum atomic E-state index is 12.7. The third kappa shape index (κ3) is 4.42. The van der Waals surface area contributed by atoms with Crippen molar-refractivity contribution in [3.63, 3.8) is 0 Å². The fraction of sp³-hybridized carbons (Fsp3) is 0.278. The van der Waals surface area contributed by atoms with Crippen LogP contribution in [-0.4, -0.2) is 30.5 Å². The number of hydrogen-bond donors (Lipinski definition) is 2. The SMILES string of the molecule is Cc1nc(C)c2c(C)c(C(=O)NCc3cccc(NS(C)(=O)=O)c3)sc2n1. The average Bonchev–Trinajstić information content (AvgIpc) is 2.88. The molecular formula is C18H20N4O3S2. The summed E-state index contributed by atoms with van der Waals surface area (Å²) in [6.07, 6.45) is 1.10. The first-order valence-corrected chi connectivity index (χ1v) is 10.9. The maximum Gasteiger partial charge on any atom is 0.261 e. The minimum absolute atomic E-state index is 0.186. The van der Waals surface area contributed by atoms with Crippen LogP contribution >= 0.6 is 11.3 Å². The molecule has 1 amide bonds. The molecule has 0 aliphatic carbocycles. The lowest BCUT2D eigenvalue weighted by Gasteiger charge is -2.08. The van der Waals surface area contributed by atoms with Gasteiger partial charge in [-0.3, -0.25) is 9.52 Å². The van der Waals surface area contributed by atoms with E-state index in [-0.39, 0.29) is 12.5 Å². The molecule has 0 radical (unpaired) electrons. The van der Waals surface area contributed by atoms with E-state index in [0.29, 0.717) is 16.4 Å². The first kappa shape index (κ1) is 19.2. The van der Waals surface area contributed by atoms with E-state index in [9.17, 15) is 13.2 Å². The lowest BCUT2D eigenvalue weighted by molar-refractivity contribution is 0.0954. The molecule has 0 fully saturated rings. The van der Waals surface area contributed by atoms with Gasteiger partial charge in [-0.05, 0) is 44.0 Å². The number of anilines is 1. The molecule has 0 aliphatic rings. The standard InChI is InChI=1S/C18H20N4O3S2/c1-10-15-11(2)20-12(3)21-18(15)26-16(10)17(23)19-9-13-6-5-7-14(8-13)22-27(4,24)25/h5-8,22H,9H2,1-4H3,(H,19,23). The van der Waals surface area contributed by atoms with Crippen molar-refractivity contribution in [1.29, 1.82) is 0 Å². The summed E-state index contributed by atoms with van der Waals surface area (Å²) < 4.78 is 25.1. The van der Waals surface area contributed by atoms with Gasteiger partial charge in [0.05, 0.1) is 11.1 Å². The Morgan fingerprint density at radius 1 is 1.19 bits per heavy atom. The van der Waals surface area contributed by atoms with Gasteiger partial charge in [0.15, 0.2) is 0 Å². The number of aromatic nitrogens is 2. The van der Waals surface area contributed by atoms with Crippen LogP contribution in [0.15, 0.2) is 24.3 Å². The molecule has 2 N–H and O–H groups in total. The Morgan fingerprint density at radius 3 is 2.63 bits per heavy atom. The molecule has 7 nitrogen and oxygen atoms in total. The molecule has 0 spiro atoms. The Labute approximate surface area is 161 Å². The molecule has 0 aliphatic heterocycles. The van der Waals surface area contributed by atoms with E-state index in [1.54, 1.807) is 18.2 Å². The highest BCUT2D eigenvalue weighted by Gasteiger charge is 2.18. The number of nitrogens with zero attached hydrogens (tertiary/aromatic N) is 2. The number of sulfonamides is 1. The second kappa shape index (κ2) is 7.24. The summed E-state index contributed by atoms with van der Waals surface area (Å²) >= 11 is 1.35. The molecule has 2 heterocycles. The quantitative estimate of drug-likeness (QED) is 0.681. The van der Waals surface area contributed by atoms with Crippen molar-refractivity contribution in [1.82, 2.24) is 15.3 Å². The van der Waals surface area contributed by atoms with E-state index in [2.05, 4.69) is 20.0 Å². The van der Waals surface area contributed by atoms with Gasteiger partial charge in [0.1, 0.15) is 10.7 Å². The molecule has 9 heteroatoms. The van der Waals surface area contributed by atoms with E-state index in [1.165, 1.54) is 11.3 Å². The Hall–Kier alpha value is -2.52. The van der Waals surface area contributed by atoms with Crippen LogP contribution in [0.2, 0.25) is 0 Å². The zero-order valence-corrected chi connectivity index (χ0v) is 17.1. The van der Waals surface area contributed by atoms with Crippen LogP contribution < -0.4 is 10.0 Å². The Kier molecular flexibility index (Phi) is 5.16. The fourth-order valence-electron chi connectivity index (χ4n) is 2.91. The van der Waals surface area contributed by atoms with Gasteiger partial charge >= 0.3 is 0 Å². The highest BCUT2D eigenvalue weighted by molar-refractivity contribution is 7.92. The number of rotatable bonds is 5. The maximum absolute atomic E-state index is 12.7. The number of nitrogens with one attached hydrogen (secondary N) is 2. The van der Waals surface area contributed by atoms with E-state index in [1.807, 2.05) is 26.8 Å². The predicted octanol–water partition coefficient (Wildman–Crippen LogP) is 2.92. The second-order valence-electron chi connectivity index (χ2n) is 6.35. The molecule has 2 aromatic heterocycles. The van der Waals surface area contributed by atoms with Crippen LogP contribution in [0.4, 0.5) is 5.69 Å². The summed E-state index contributed by atoms with van der Waals surface area (Å²) in [6.45, 7) is 5.93. The minimum Gasteiger partial charge on any atom is -0.347 e. The van der Waals surface area contributed by atoms with Gasteiger partial charge in [0.2, 0.25) is 10.0 Å². The van der Waals surface area contributed by atoms with E-state index >= 15 is 0 Å². The number of fused-ring (bicyclic) bond motifs is 1. The van der Waals surface area contributed by atoms with E-state index < -0.39 is 10.0 Å². The van der Waals surface area contributed by atoms with Gasteiger partial charge in [-0.15, -0.1) is 11.3 Å². The van der Waals surface area contributed by atoms with Crippen LogP contribution in [0.5, 0.6) is 0 Å². The van der Waals surface area contributed by atoms with Gasteiger partial charge in [-0.2, -0.15) is 0 Å². The molecule has 1 aromatic carbocycles. The van der Waals surface area contributed by atoms with Crippen molar-refractivity contribution in [2.45, 2.75) is 27.3 Å². The number of aryl methyl sites for hydroxylation is 3. The molecule has 27 heavy (non-hydrogen) atoms. The zero-order chi connectivity index (χ0) is 19.8. The van der Waals surface area contributed by atoms with Crippen molar-refractivity contribution in [3.05, 3.63) is 51.8 Å². The summed E-state index contributed by atoms with van der Waals surface area (Å²) in [5.41, 5.74) is 2.99. The largest absolute Gasteiger partial charge is 0.347 e. The van der Waals surface area contributed by atoms with Gasteiger partial charge < -0.3 is 5.32 Å². The van der Waals surface area contributed by atoms with Crippen molar-refractivity contribution in [3.8, 4) is 0 Å². The fourth-order valence-corrected chi connectivity index (χ4v) is 4.66. The first-order chi connectivity index (χ1) is 12.6. The van der Waals surface area contributed by atoms with Gasteiger partial charge in [0.25, 0.3) is 5.91 Å². The summed E-state index contributed by atoms with van der Waals surface area (Å²) in [7, 11) is -3.34. The third-order valence-corrected chi connectivity index (χ3v) is 5.76. The van der Waals surface area contributed by atoms with Crippen molar-refractivity contribution in [2.75, 3.05) is 11.0 Å². The number of hydrogen-bond acceptors (Lipinski definition) is 6. The average molecular weight is 405 g/mol. The Balaban J connectivity index is 1.79. The summed E-state index contributed by atoms with van der Waals surface area (Å²) in [4.78, 5) is 22.9. The lowest BCUT2D eigenvalue weighted by atomic mass is 10.1. The monoisotopic (exact) mass is 404 g/mol. The van der Waals surface area contributed by atoms with E-state index in [4.69, 9.17) is 0 Å². The predicted molar refractivity (Wildman–Crippen MR) is 108 cm³/mol. The number of carbonyl (C=O) groups excluding carboxylic acids is 1. The first-order valence-electron chi connectivity index (χ1n) is 8.23. The minimum atomic E-state index is -3.34. The number of benzene rings is 1. The van der Waals surface area contributed by atoms with E-state index in [0.717, 1.165) is 33.3 Å². The molecule has 0 saturated carbocycles. The topological polar surface area (TPSA) is 101 Å². The Bertz CT molecular complexity index is 1140. The molecule has 3 aromatic rings. The zero-order valence-electron chi connectivity index (χ0n) is 15.5. The lowest BCUT2D eigenvalue weighted by Crippen LogP contribution is -2.22. The normalized spacial score (nSPS) is 11.6. The van der Waals surface area contributed by atoms with Gasteiger partial charge in [-0.1, -0.05) is 12.1 Å². The van der Waals surface area contributed by atoms with Crippen molar-refractivity contribution >= 4 is 43.2 Å². The third-order valence-electron chi connectivity index (χ3n) is 3.97. The van der Waals surface area contributed by atoms with Crippen LogP contribution in [-0.2, 0) is 16.6 Å².